The van der Waals surface area contributed by atoms with Gasteiger partial charge < -0.3 is 25.0 Å². The molecule has 0 bridgehead atoms. The average Bonchev–Trinajstić information content (AvgIpc) is 3.63. The number of aromatic nitrogens is 1. The Balaban J connectivity index is 1.39. The van der Waals surface area contributed by atoms with Crippen LogP contribution in [0.2, 0.25) is 0 Å². The molecule has 3 amide bonds. The maximum Gasteiger partial charge on any atom is 0.408 e. The molecule has 260 valence electrons. The summed E-state index contributed by atoms with van der Waals surface area (Å²) in [4.78, 5) is 64.3. The van der Waals surface area contributed by atoms with Crippen molar-refractivity contribution in [1.82, 2.24) is 20.1 Å². The van der Waals surface area contributed by atoms with E-state index < -0.39 is 34.6 Å². The Hall–Kier alpha value is -5.03. The van der Waals surface area contributed by atoms with E-state index in [1.807, 2.05) is 91.0 Å². The number of aliphatic carboxylic acids is 1. The van der Waals surface area contributed by atoms with Gasteiger partial charge in [-0.1, -0.05) is 91.0 Å². The van der Waals surface area contributed by atoms with Crippen molar-refractivity contribution in [2.75, 3.05) is 13.1 Å². The number of benzene rings is 3. The third kappa shape index (κ3) is 7.14. The number of carboxylic acids is 1. The Labute approximate surface area is 296 Å². The molecule has 3 atom stereocenters. The molecule has 2 N–H and O–H groups in total. The Morgan fingerprint density at radius 1 is 0.860 bits per heavy atom. The minimum atomic E-state index is -1.60. The number of carbonyl (C=O) groups excluding carboxylic acids is 3. The van der Waals surface area contributed by atoms with E-state index in [1.165, 1.54) is 16.2 Å². The first-order valence-electron chi connectivity index (χ1n) is 17.0. The number of hydrogen-bond donors (Lipinski definition) is 2. The van der Waals surface area contributed by atoms with Gasteiger partial charge in [0.1, 0.15) is 23.2 Å². The first kappa shape index (κ1) is 34.8. The molecular weight excluding hydrogens is 653 g/mol. The molecule has 4 aromatic rings. The van der Waals surface area contributed by atoms with Gasteiger partial charge in [0.25, 0.3) is 0 Å². The second-order valence-corrected chi connectivity index (χ2v) is 14.2. The third-order valence-electron chi connectivity index (χ3n) is 10.1. The summed E-state index contributed by atoms with van der Waals surface area (Å²) in [5.41, 5.74) is 0.331. The Kier molecular flexibility index (Phi) is 10.3. The smallest absolute Gasteiger partial charge is 0.408 e. The number of ether oxygens (including phenoxy) is 1. The van der Waals surface area contributed by atoms with Crippen LogP contribution in [0, 0.1) is 0 Å². The van der Waals surface area contributed by atoms with Gasteiger partial charge in [0.2, 0.25) is 11.8 Å². The number of amides is 3. The van der Waals surface area contributed by atoms with Crippen molar-refractivity contribution in [3.8, 4) is 0 Å². The zero-order chi connectivity index (χ0) is 35.2. The van der Waals surface area contributed by atoms with Gasteiger partial charge in [-0.25, -0.2) is 14.6 Å². The fourth-order valence-corrected chi connectivity index (χ4v) is 8.06. The van der Waals surface area contributed by atoms with Crippen LogP contribution in [0.1, 0.15) is 55.0 Å². The molecule has 0 saturated carbocycles. The lowest BCUT2D eigenvalue weighted by atomic mass is 9.74. The number of carbonyl (C=O) groups is 4. The number of rotatable bonds is 12. The number of carboxylic acid groups (broad SMARTS) is 1. The van der Waals surface area contributed by atoms with E-state index >= 15 is 9.59 Å². The van der Waals surface area contributed by atoms with Gasteiger partial charge in [0.15, 0.2) is 0 Å². The Morgan fingerprint density at radius 2 is 1.46 bits per heavy atom. The van der Waals surface area contributed by atoms with Crippen molar-refractivity contribution < 1.29 is 29.0 Å². The molecule has 0 aliphatic carbocycles. The summed E-state index contributed by atoms with van der Waals surface area (Å²) >= 11 is 1.37. The van der Waals surface area contributed by atoms with E-state index in [2.05, 4.69) is 10.3 Å². The van der Waals surface area contributed by atoms with Crippen LogP contribution < -0.4 is 5.32 Å². The molecule has 3 aromatic carbocycles. The fourth-order valence-electron chi connectivity index (χ4n) is 7.50. The predicted octanol–water partition coefficient (Wildman–Crippen LogP) is 5.66. The first-order valence-corrected chi connectivity index (χ1v) is 17.9. The number of hydrogen-bond acceptors (Lipinski definition) is 7. The maximum absolute atomic E-state index is 15.2. The molecule has 3 heterocycles. The number of thiazole rings is 1. The number of nitrogens with one attached hydrogen (secondary N) is 1. The molecule has 11 heteroatoms. The molecular formula is C39H42N4O6S. The highest BCUT2D eigenvalue weighted by Gasteiger charge is 2.59. The van der Waals surface area contributed by atoms with Crippen LogP contribution in [-0.2, 0) is 45.0 Å². The molecule has 0 radical (unpaired) electrons. The van der Waals surface area contributed by atoms with Gasteiger partial charge in [-0.3, -0.25) is 9.59 Å². The van der Waals surface area contributed by atoms with E-state index in [9.17, 15) is 14.7 Å². The van der Waals surface area contributed by atoms with Crippen molar-refractivity contribution in [1.29, 1.82) is 0 Å². The summed E-state index contributed by atoms with van der Waals surface area (Å²) in [5, 5.41) is 15.4. The number of piperidine rings is 2. The molecule has 2 saturated heterocycles. The number of alkyl carbamates (subject to hydrolysis) is 1. The van der Waals surface area contributed by atoms with Crippen LogP contribution in [-0.4, -0.2) is 73.5 Å². The second kappa shape index (κ2) is 14.8. The van der Waals surface area contributed by atoms with Crippen molar-refractivity contribution in [3.05, 3.63) is 124 Å². The topological polar surface area (TPSA) is 129 Å². The van der Waals surface area contributed by atoms with Crippen LogP contribution in [0.5, 0.6) is 0 Å². The average molecular weight is 695 g/mol. The predicted molar refractivity (Wildman–Crippen MR) is 189 cm³/mol. The summed E-state index contributed by atoms with van der Waals surface area (Å²) in [6.07, 6.45) is 1.37. The normalized spacial score (nSPS) is 22.1. The van der Waals surface area contributed by atoms with E-state index in [0.29, 0.717) is 31.4 Å². The molecule has 2 aliphatic heterocycles. The SMILES string of the molecule is C[C@](Cc1cscn1)(C(=O)O)N1CCC[C@@](Cc2ccccc2)(N2CCCC(Cc3ccccc3)(NC(=O)OCc3ccccc3)C2=O)C1=O. The Morgan fingerprint density at radius 3 is 2.06 bits per heavy atom. The highest BCUT2D eigenvalue weighted by atomic mass is 32.1. The van der Waals surface area contributed by atoms with Gasteiger partial charge in [-0.15, -0.1) is 11.3 Å². The monoisotopic (exact) mass is 694 g/mol. The van der Waals surface area contributed by atoms with Crippen molar-refractivity contribution in [2.45, 2.75) is 75.1 Å². The lowest BCUT2D eigenvalue weighted by Crippen LogP contribution is -2.75. The lowest BCUT2D eigenvalue weighted by Gasteiger charge is -2.55. The largest absolute Gasteiger partial charge is 0.479 e. The van der Waals surface area contributed by atoms with Gasteiger partial charge in [-0.2, -0.15) is 0 Å². The molecule has 0 spiro atoms. The highest BCUT2D eigenvalue weighted by Crippen LogP contribution is 2.41. The zero-order valence-corrected chi connectivity index (χ0v) is 28.9. The van der Waals surface area contributed by atoms with Crippen molar-refractivity contribution >= 4 is 35.2 Å². The standard InChI is InChI=1S/C39H42N4O6S/c1-37(35(46)47,25-32-27-50-28-40-32)42-21-12-20-39(34(42)45,24-30-15-7-3-8-16-30)43-22-11-19-38(33(43)44,23-29-13-5-2-6-14-29)41-36(48)49-26-31-17-9-4-10-18-31/h2-10,13-18,27-28H,11-12,19-26H2,1H3,(H,41,48)(H,46,47)/t37-,38?,39-/m0/s1. The van der Waals surface area contributed by atoms with Gasteiger partial charge in [-0.05, 0) is 49.3 Å². The molecule has 2 aliphatic rings. The van der Waals surface area contributed by atoms with Gasteiger partial charge >= 0.3 is 12.1 Å². The highest BCUT2D eigenvalue weighted by molar-refractivity contribution is 7.07. The second-order valence-electron chi connectivity index (χ2n) is 13.5. The van der Waals surface area contributed by atoms with Crippen molar-refractivity contribution in [3.63, 3.8) is 0 Å². The van der Waals surface area contributed by atoms with Crippen LogP contribution >= 0.6 is 11.3 Å². The van der Waals surface area contributed by atoms with Gasteiger partial charge in [0.05, 0.1) is 11.2 Å². The zero-order valence-electron chi connectivity index (χ0n) is 28.1. The van der Waals surface area contributed by atoms with E-state index in [-0.39, 0.29) is 44.9 Å². The van der Waals surface area contributed by atoms with Crippen LogP contribution in [0.15, 0.2) is 102 Å². The minimum Gasteiger partial charge on any atom is -0.479 e. The van der Waals surface area contributed by atoms with Gasteiger partial charge in [0, 0.05) is 37.7 Å². The summed E-state index contributed by atoms with van der Waals surface area (Å²) in [6, 6.07) is 28.3. The summed E-state index contributed by atoms with van der Waals surface area (Å²) in [7, 11) is 0. The Bertz CT molecular complexity index is 1790. The summed E-state index contributed by atoms with van der Waals surface area (Å²) in [5.74, 6) is -1.93. The fraction of sp³-hybridized carbons (Fsp3) is 0.359. The van der Waals surface area contributed by atoms with E-state index in [0.717, 1.165) is 16.7 Å². The first-order chi connectivity index (χ1) is 24.2. The molecule has 6 rings (SSSR count). The van der Waals surface area contributed by atoms with Crippen molar-refractivity contribution in [2.24, 2.45) is 0 Å². The molecule has 1 unspecified atom stereocenters. The van der Waals surface area contributed by atoms with E-state index in [4.69, 9.17) is 4.74 Å². The number of nitrogens with zero attached hydrogens (tertiary/aromatic N) is 3. The maximum atomic E-state index is 15.2. The summed E-state index contributed by atoms with van der Waals surface area (Å²) in [6.45, 7) is 2.10. The lowest BCUT2D eigenvalue weighted by molar-refractivity contribution is -0.175. The third-order valence-corrected chi connectivity index (χ3v) is 10.7. The summed E-state index contributed by atoms with van der Waals surface area (Å²) < 4.78 is 5.64. The number of likely N-dealkylation sites (tertiary alicyclic amines) is 2. The molecule has 10 nitrogen and oxygen atoms in total. The van der Waals surface area contributed by atoms with Crippen LogP contribution in [0.4, 0.5) is 4.79 Å². The molecule has 1 aromatic heterocycles. The molecule has 50 heavy (non-hydrogen) atoms. The van der Waals surface area contributed by atoms with E-state index in [1.54, 1.807) is 22.7 Å². The quantitative estimate of drug-likeness (QED) is 0.196. The molecule has 2 fully saturated rings. The minimum absolute atomic E-state index is 0.0275. The van der Waals surface area contributed by atoms with Crippen LogP contribution in [0.25, 0.3) is 0 Å². The van der Waals surface area contributed by atoms with Crippen LogP contribution in [0.3, 0.4) is 0 Å².